The van der Waals surface area contributed by atoms with Crippen molar-refractivity contribution in [1.29, 1.82) is 0 Å². The second-order valence-corrected chi connectivity index (χ2v) is 6.06. The molecule has 0 aliphatic carbocycles. The van der Waals surface area contributed by atoms with E-state index in [1.165, 1.54) is 0 Å². The van der Waals surface area contributed by atoms with Gasteiger partial charge in [0.15, 0.2) is 0 Å². The van der Waals surface area contributed by atoms with Gasteiger partial charge in [-0.05, 0) is 31.5 Å². The van der Waals surface area contributed by atoms with Crippen molar-refractivity contribution in [2.45, 2.75) is 26.7 Å². The molecule has 1 aromatic carbocycles. The van der Waals surface area contributed by atoms with Crippen LogP contribution in [0.4, 0.5) is 11.5 Å². The lowest BCUT2D eigenvalue weighted by Gasteiger charge is -2.11. The molecular formula is C15H15ClN4S. The van der Waals surface area contributed by atoms with Crippen molar-refractivity contribution in [3.05, 3.63) is 40.3 Å². The van der Waals surface area contributed by atoms with Crippen LogP contribution in [0.2, 0.25) is 5.15 Å². The van der Waals surface area contributed by atoms with E-state index in [1.807, 2.05) is 24.6 Å². The Morgan fingerprint density at radius 3 is 2.95 bits per heavy atom. The lowest BCUT2D eigenvalue weighted by molar-refractivity contribution is 0.833. The highest BCUT2D eigenvalue weighted by Crippen LogP contribution is 2.27. The largest absolute Gasteiger partial charge is 0.340 e. The summed E-state index contributed by atoms with van der Waals surface area (Å²) in [5, 5.41) is 3.85. The van der Waals surface area contributed by atoms with Gasteiger partial charge in [-0.25, -0.2) is 15.0 Å². The van der Waals surface area contributed by atoms with Gasteiger partial charge in [0.25, 0.3) is 0 Å². The van der Waals surface area contributed by atoms with Crippen LogP contribution < -0.4 is 5.32 Å². The molecule has 21 heavy (non-hydrogen) atoms. The molecule has 0 amide bonds. The molecule has 4 nitrogen and oxygen atoms in total. The second-order valence-electron chi connectivity index (χ2n) is 4.81. The van der Waals surface area contributed by atoms with Crippen molar-refractivity contribution in [3.63, 3.8) is 0 Å². The van der Waals surface area contributed by atoms with Gasteiger partial charge in [0.05, 0.1) is 15.7 Å². The predicted octanol–water partition coefficient (Wildman–Crippen LogP) is 4.74. The van der Waals surface area contributed by atoms with Crippen molar-refractivity contribution < 1.29 is 0 Å². The van der Waals surface area contributed by atoms with Crippen LogP contribution in [-0.4, -0.2) is 15.0 Å². The number of aryl methyl sites for hydroxylation is 1. The van der Waals surface area contributed by atoms with E-state index >= 15 is 0 Å². The van der Waals surface area contributed by atoms with Crippen LogP contribution in [0, 0.1) is 6.92 Å². The number of halogens is 1. The minimum absolute atomic E-state index is 0.509. The van der Waals surface area contributed by atoms with Gasteiger partial charge in [-0.2, -0.15) is 0 Å². The number of nitrogens with zero attached hydrogens (tertiary/aromatic N) is 3. The Hall–Kier alpha value is -1.72. The highest BCUT2D eigenvalue weighted by atomic mass is 35.5. The number of aromatic nitrogens is 3. The van der Waals surface area contributed by atoms with E-state index in [-0.39, 0.29) is 0 Å². The topological polar surface area (TPSA) is 50.7 Å². The molecule has 108 valence electrons. The molecule has 2 heterocycles. The van der Waals surface area contributed by atoms with Crippen LogP contribution in [0.25, 0.3) is 10.2 Å². The molecule has 0 saturated heterocycles. The van der Waals surface area contributed by atoms with E-state index in [4.69, 9.17) is 11.6 Å². The first-order valence-corrected chi connectivity index (χ1v) is 8.06. The molecule has 0 aliphatic heterocycles. The number of hydrogen-bond acceptors (Lipinski definition) is 5. The van der Waals surface area contributed by atoms with Crippen LogP contribution in [0.15, 0.2) is 23.7 Å². The molecule has 0 bridgehead atoms. The number of rotatable bonds is 4. The van der Waals surface area contributed by atoms with Crippen LogP contribution in [0.1, 0.15) is 24.7 Å². The van der Waals surface area contributed by atoms with Gasteiger partial charge >= 0.3 is 0 Å². The molecule has 0 saturated carbocycles. The van der Waals surface area contributed by atoms with E-state index in [0.29, 0.717) is 5.15 Å². The van der Waals surface area contributed by atoms with Crippen molar-refractivity contribution in [1.82, 2.24) is 15.0 Å². The summed E-state index contributed by atoms with van der Waals surface area (Å²) in [5.74, 6) is 1.54. The maximum atomic E-state index is 6.20. The molecule has 3 aromatic rings. The van der Waals surface area contributed by atoms with Crippen LogP contribution in [-0.2, 0) is 6.42 Å². The Labute approximate surface area is 132 Å². The molecule has 3 rings (SSSR count). The lowest BCUT2D eigenvalue weighted by atomic mass is 10.2. The molecule has 0 spiro atoms. The Balaban J connectivity index is 1.95. The van der Waals surface area contributed by atoms with Crippen molar-refractivity contribution in [2.24, 2.45) is 0 Å². The summed E-state index contributed by atoms with van der Waals surface area (Å²) in [5.41, 5.74) is 4.70. The lowest BCUT2D eigenvalue weighted by Crippen LogP contribution is -2.03. The molecule has 0 radical (unpaired) electrons. The summed E-state index contributed by atoms with van der Waals surface area (Å²) in [7, 11) is 0. The normalized spacial score (nSPS) is 11.0. The Kier molecular flexibility index (Phi) is 4.03. The zero-order chi connectivity index (χ0) is 14.8. The zero-order valence-electron chi connectivity index (χ0n) is 11.9. The number of hydrogen-bond donors (Lipinski definition) is 1. The fourth-order valence-electron chi connectivity index (χ4n) is 2.06. The quantitative estimate of drug-likeness (QED) is 0.706. The van der Waals surface area contributed by atoms with E-state index in [2.05, 4.69) is 33.3 Å². The second kappa shape index (κ2) is 5.95. The van der Waals surface area contributed by atoms with Crippen LogP contribution in [0.5, 0.6) is 0 Å². The average molecular weight is 319 g/mol. The molecule has 0 atom stereocenters. The van der Waals surface area contributed by atoms with E-state index in [9.17, 15) is 0 Å². The minimum atomic E-state index is 0.509. The first-order valence-electron chi connectivity index (χ1n) is 6.80. The van der Waals surface area contributed by atoms with Crippen molar-refractivity contribution >= 4 is 44.7 Å². The SMILES string of the molecule is CCCc1nc(Cl)c(C)c(Nc2ccc3ncsc3c2)n1. The summed E-state index contributed by atoms with van der Waals surface area (Å²) < 4.78 is 1.14. The van der Waals surface area contributed by atoms with E-state index in [1.54, 1.807) is 11.3 Å². The molecular weight excluding hydrogens is 304 g/mol. The first-order chi connectivity index (χ1) is 10.2. The average Bonchev–Trinajstić information content (AvgIpc) is 2.92. The first kappa shape index (κ1) is 14.2. The minimum Gasteiger partial charge on any atom is -0.340 e. The van der Waals surface area contributed by atoms with E-state index < -0.39 is 0 Å². The fraction of sp³-hybridized carbons (Fsp3) is 0.267. The summed E-state index contributed by atoms with van der Waals surface area (Å²) in [6.45, 7) is 4.02. The smallest absolute Gasteiger partial charge is 0.138 e. The van der Waals surface area contributed by atoms with Gasteiger partial charge in [-0.3, -0.25) is 0 Å². The van der Waals surface area contributed by atoms with Crippen LogP contribution >= 0.6 is 22.9 Å². The highest BCUT2D eigenvalue weighted by molar-refractivity contribution is 7.16. The van der Waals surface area contributed by atoms with Gasteiger partial charge in [-0.15, -0.1) is 11.3 Å². The summed E-state index contributed by atoms with van der Waals surface area (Å²) in [6, 6.07) is 6.07. The maximum absolute atomic E-state index is 6.20. The number of benzene rings is 1. The summed E-state index contributed by atoms with van der Waals surface area (Å²) >= 11 is 7.82. The third-order valence-corrected chi connectivity index (χ3v) is 4.36. The molecule has 2 aromatic heterocycles. The highest BCUT2D eigenvalue weighted by Gasteiger charge is 2.10. The molecule has 6 heteroatoms. The number of fused-ring (bicyclic) bond motifs is 1. The molecule has 0 unspecified atom stereocenters. The third kappa shape index (κ3) is 2.99. The number of thiazole rings is 1. The van der Waals surface area contributed by atoms with Crippen molar-refractivity contribution in [2.75, 3.05) is 5.32 Å². The van der Waals surface area contributed by atoms with E-state index in [0.717, 1.165) is 46.0 Å². The Morgan fingerprint density at radius 2 is 2.14 bits per heavy atom. The van der Waals surface area contributed by atoms with Gasteiger partial charge in [-0.1, -0.05) is 18.5 Å². The Bertz CT molecular complexity index is 784. The number of anilines is 2. The summed E-state index contributed by atoms with van der Waals surface area (Å²) in [6.07, 6.45) is 1.81. The molecule has 0 fully saturated rings. The standard InChI is InChI=1S/C15H15ClN4S/c1-3-4-13-19-14(16)9(2)15(20-13)18-10-5-6-11-12(7-10)21-8-17-11/h5-8H,3-4H2,1-2H3,(H,18,19,20). The maximum Gasteiger partial charge on any atom is 0.138 e. The van der Waals surface area contributed by atoms with Crippen LogP contribution in [0.3, 0.4) is 0 Å². The Morgan fingerprint density at radius 1 is 1.29 bits per heavy atom. The van der Waals surface area contributed by atoms with Crippen molar-refractivity contribution in [3.8, 4) is 0 Å². The monoisotopic (exact) mass is 318 g/mol. The van der Waals surface area contributed by atoms with Gasteiger partial charge in [0.2, 0.25) is 0 Å². The number of nitrogens with one attached hydrogen (secondary N) is 1. The fourth-order valence-corrected chi connectivity index (χ4v) is 2.96. The van der Waals surface area contributed by atoms with Gasteiger partial charge in [0, 0.05) is 17.7 Å². The van der Waals surface area contributed by atoms with Gasteiger partial charge < -0.3 is 5.32 Å². The predicted molar refractivity (Wildman–Crippen MR) is 88.7 cm³/mol. The third-order valence-electron chi connectivity index (χ3n) is 3.20. The molecule has 1 N–H and O–H groups in total. The molecule has 0 aliphatic rings. The zero-order valence-corrected chi connectivity index (χ0v) is 13.4. The van der Waals surface area contributed by atoms with Gasteiger partial charge in [0.1, 0.15) is 16.8 Å². The summed E-state index contributed by atoms with van der Waals surface area (Å²) in [4.78, 5) is 13.2.